The van der Waals surface area contributed by atoms with Gasteiger partial charge in [0, 0.05) is 0 Å². The van der Waals surface area contributed by atoms with Gasteiger partial charge in [0.1, 0.15) is 0 Å². The molecular weight excluding hydrogens is 172 g/mol. The first-order chi connectivity index (χ1) is 6.68. The lowest BCUT2D eigenvalue weighted by molar-refractivity contribution is 0.185. The van der Waals surface area contributed by atoms with Crippen molar-refractivity contribution in [3.05, 3.63) is 35.4 Å². The molecule has 1 rings (SSSR count). The fourth-order valence-electron chi connectivity index (χ4n) is 1.24. The van der Waals surface area contributed by atoms with Crippen LogP contribution in [0.15, 0.2) is 24.3 Å². The van der Waals surface area contributed by atoms with Crippen LogP contribution in [-0.4, -0.2) is 11.2 Å². The fraction of sp³-hybridized carbons (Fsp3) is 0.538. The van der Waals surface area contributed by atoms with Crippen LogP contribution < -0.4 is 0 Å². The van der Waals surface area contributed by atoms with Crippen molar-refractivity contribution in [2.24, 2.45) is 0 Å². The zero-order chi connectivity index (χ0) is 11.0. The summed E-state index contributed by atoms with van der Waals surface area (Å²) in [7, 11) is 0. The maximum absolute atomic E-state index is 9.08. The maximum atomic E-state index is 9.08. The molecule has 1 aromatic carbocycles. The summed E-state index contributed by atoms with van der Waals surface area (Å²) >= 11 is 0. The van der Waals surface area contributed by atoms with Crippen LogP contribution in [0, 0.1) is 6.92 Å². The lowest BCUT2D eigenvalue weighted by atomic mass is 10.1. The summed E-state index contributed by atoms with van der Waals surface area (Å²) in [6.07, 6.45) is 1.63. The van der Waals surface area contributed by atoms with Crippen molar-refractivity contribution in [2.45, 2.75) is 46.6 Å². The first-order valence-corrected chi connectivity index (χ1v) is 5.42. The highest BCUT2D eigenvalue weighted by atomic mass is 16.3. The lowest BCUT2D eigenvalue weighted by Gasteiger charge is -2.04. The Kier molecular flexibility index (Phi) is 7.13. The third-order valence-electron chi connectivity index (χ3n) is 1.93. The first kappa shape index (κ1) is 13.2. The Labute approximate surface area is 87.8 Å². The van der Waals surface area contributed by atoms with Gasteiger partial charge in [0.2, 0.25) is 0 Å². The summed E-state index contributed by atoms with van der Waals surface area (Å²) in [6, 6.07) is 8.43. The number of aliphatic hydroxyl groups is 1. The molecule has 0 saturated heterocycles. The monoisotopic (exact) mass is 194 g/mol. The van der Waals surface area contributed by atoms with Crippen molar-refractivity contribution >= 4 is 0 Å². The Hall–Kier alpha value is -0.820. The summed E-state index contributed by atoms with van der Waals surface area (Å²) in [5.41, 5.74) is 2.61. The third-order valence-corrected chi connectivity index (χ3v) is 1.93. The predicted octanol–water partition coefficient (Wildman–Crippen LogP) is 3.33. The van der Waals surface area contributed by atoms with E-state index in [2.05, 4.69) is 31.2 Å². The topological polar surface area (TPSA) is 20.2 Å². The Bertz CT molecular complexity index is 241. The Morgan fingerprint density at radius 3 is 2.43 bits per heavy atom. The van der Waals surface area contributed by atoms with Crippen LogP contribution in [0.4, 0.5) is 0 Å². The van der Waals surface area contributed by atoms with E-state index in [4.69, 9.17) is 5.11 Å². The van der Waals surface area contributed by atoms with Gasteiger partial charge in [0.05, 0.1) is 6.10 Å². The minimum atomic E-state index is -0.189. The second-order valence-corrected chi connectivity index (χ2v) is 3.38. The van der Waals surface area contributed by atoms with E-state index < -0.39 is 0 Å². The molecule has 1 heteroatoms. The summed E-state index contributed by atoms with van der Waals surface area (Å²) in [5.74, 6) is 0. The van der Waals surface area contributed by atoms with Crippen LogP contribution in [0.2, 0.25) is 0 Å². The van der Waals surface area contributed by atoms with E-state index in [9.17, 15) is 0 Å². The van der Waals surface area contributed by atoms with Crippen LogP contribution in [0.25, 0.3) is 0 Å². The minimum Gasteiger partial charge on any atom is -0.393 e. The second kappa shape index (κ2) is 7.57. The van der Waals surface area contributed by atoms with E-state index in [1.807, 2.05) is 20.8 Å². The van der Waals surface area contributed by atoms with Gasteiger partial charge in [0.15, 0.2) is 0 Å². The molecule has 14 heavy (non-hydrogen) atoms. The van der Waals surface area contributed by atoms with Gasteiger partial charge >= 0.3 is 0 Å². The van der Waals surface area contributed by atoms with E-state index in [-0.39, 0.29) is 6.10 Å². The number of hydrogen-bond donors (Lipinski definition) is 1. The standard InChI is InChI=1S/C11H16O.C2H6/c1-9-4-3-5-11(8-9)7-6-10(2)12;1-2/h3-5,8,10,12H,6-7H2,1-2H3;1-2H3. The molecule has 0 aliphatic heterocycles. The van der Waals surface area contributed by atoms with Crippen molar-refractivity contribution in [3.63, 3.8) is 0 Å². The summed E-state index contributed by atoms with van der Waals surface area (Å²) in [6.45, 7) is 7.92. The minimum absolute atomic E-state index is 0.189. The molecule has 1 atom stereocenters. The molecule has 0 heterocycles. The molecule has 0 saturated carbocycles. The molecule has 0 amide bonds. The number of benzene rings is 1. The summed E-state index contributed by atoms with van der Waals surface area (Å²) in [4.78, 5) is 0. The molecule has 0 bridgehead atoms. The van der Waals surface area contributed by atoms with E-state index in [1.165, 1.54) is 11.1 Å². The molecule has 1 nitrogen and oxygen atoms in total. The van der Waals surface area contributed by atoms with E-state index in [0.29, 0.717) is 0 Å². The molecule has 0 fully saturated rings. The van der Waals surface area contributed by atoms with Gasteiger partial charge in [-0.1, -0.05) is 43.7 Å². The lowest BCUT2D eigenvalue weighted by Crippen LogP contribution is -2.01. The zero-order valence-corrected chi connectivity index (χ0v) is 9.75. The van der Waals surface area contributed by atoms with Gasteiger partial charge in [-0.2, -0.15) is 0 Å². The highest BCUT2D eigenvalue weighted by Gasteiger charge is 1.97. The molecule has 0 aromatic heterocycles. The quantitative estimate of drug-likeness (QED) is 0.782. The zero-order valence-electron chi connectivity index (χ0n) is 9.75. The maximum Gasteiger partial charge on any atom is 0.0515 e. The number of aryl methyl sites for hydroxylation is 2. The van der Waals surface area contributed by atoms with Gasteiger partial charge in [0.25, 0.3) is 0 Å². The molecule has 0 radical (unpaired) electrons. The van der Waals surface area contributed by atoms with Gasteiger partial charge in [-0.05, 0) is 32.3 Å². The molecule has 1 N–H and O–H groups in total. The van der Waals surface area contributed by atoms with Crippen LogP contribution in [-0.2, 0) is 6.42 Å². The summed E-state index contributed by atoms with van der Waals surface area (Å²) in [5, 5.41) is 9.08. The molecule has 0 aliphatic carbocycles. The van der Waals surface area contributed by atoms with Gasteiger partial charge < -0.3 is 5.11 Å². The Morgan fingerprint density at radius 1 is 1.29 bits per heavy atom. The highest BCUT2D eigenvalue weighted by molar-refractivity contribution is 5.22. The normalized spacial score (nSPS) is 11.5. The molecule has 80 valence electrons. The fourth-order valence-corrected chi connectivity index (χ4v) is 1.24. The largest absolute Gasteiger partial charge is 0.393 e. The smallest absolute Gasteiger partial charge is 0.0515 e. The third kappa shape index (κ3) is 5.76. The van der Waals surface area contributed by atoms with Crippen molar-refractivity contribution in [3.8, 4) is 0 Å². The SMILES string of the molecule is CC.Cc1cccc(CCC(C)O)c1. The Balaban J connectivity index is 0.000000791. The van der Waals surface area contributed by atoms with Crippen molar-refractivity contribution < 1.29 is 5.11 Å². The average Bonchev–Trinajstić information content (AvgIpc) is 2.18. The Morgan fingerprint density at radius 2 is 1.93 bits per heavy atom. The van der Waals surface area contributed by atoms with Crippen LogP contribution >= 0.6 is 0 Å². The first-order valence-electron chi connectivity index (χ1n) is 5.42. The average molecular weight is 194 g/mol. The van der Waals surface area contributed by atoms with Crippen LogP contribution in [0.1, 0.15) is 38.3 Å². The summed E-state index contributed by atoms with van der Waals surface area (Å²) < 4.78 is 0. The van der Waals surface area contributed by atoms with Gasteiger partial charge in [-0.25, -0.2) is 0 Å². The second-order valence-electron chi connectivity index (χ2n) is 3.38. The number of aliphatic hydroxyl groups excluding tert-OH is 1. The molecular formula is C13H22O. The molecule has 1 aromatic rings. The van der Waals surface area contributed by atoms with Gasteiger partial charge in [-0.15, -0.1) is 0 Å². The van der Waals surface area contributed by atoms with E-state index in [1.54, 1.807) is 0 Å². The van der Waals surface area contributed by atoms with Crippen LogP contribution in [0.3, 0.4) is 0 Å². The van der Waals surface area contributed by atoms with Crippen LogP contribution in [0.5, 0.6) is 0 Å². The number of rotatable bonds is 3. The predicted molar refractivity (Wildman–Crippen MR) is 62.5 cm³/mol. The van der Waals surface area contributed by atoms with Crippen molar-refractivity contribution in [2.75, 3.05) is 0 Å². The van der Waals surface area contributed by atoms with Crippen molar-refractivity contribution in [1.82, 2.24) is 0 Å². The van der Waals surface area contributed by atoms with Crippen molar-refractivity contribution in [1.29, 1.82) is 0 Å². The number of hydrogen-bond acceptors (Lipinski definition) is 1. The molecule has 0 aliphatic rings. The van der Waals surface area contributed by atoms with Gasteiger partial charge in [-0.3, -0.25) is 0 Å². The van der Waals surface area contributed by atoms with E-state index >= 15 is 0 Å². The van der Waals surface area contributed by atoms with E-state index in [0.717, 1.165) is 12.8 Å². The molecule has 1 unspecified atom stereocenters. The highest BCUT2D eigenvalue weighted by Crippen LogP contribution is 2.07. The molecule has 0 spiro atoms.